The molecule has 0 unspecified atom stereocenters. The summed E-state index contributed by atoms with van der Waals surface area (Å²) in [6.45, 7) is 2.12. The number of benzene rings is 2. The Morgan fingerprint density at radius 1 is 1.00 bits per heavy atom. The van der Waals surface area contributed by atoms with Crippen molar-refractivity contribution in [2.24, 2.45) is 10.9 Å². The van der Waals surface area contributed by atoms with Gasteiger partial charge in [0.1, 0.15) is 0 Å². The van der Waals surface area contributed by atoms with Gasteiger partial charge in [-0.3, -0.25) is 0 Å². The van der Waals surface area contributed by atoms with Crippen LogP contribution < -0.4 is 5.84 Å². The third-order valence-electron chi connectivity index (χ3n) is 2.59. The van der Waals surface area contributed by atoms with Crippen LogP contribution in [-0.2, 0) is 0 Å². The highest BCUT2D eigenvalue weighted by Gasteiger charge is 1.99. The Bertz CT molecular complexity index is 498. The van der Waals surface area contributed by atoms with Crippen LogP contribution in [0.15, 0.2) is 53.6 Å². The standard InChI is InChI=1S/C14H14N2/c1-11-4-2-3-5-14(11)13-8-6-12(7-9-13)10-16-15/h2-10H,15H2,1H3/b16-10+. The molecular weight excluding hydrogens is 196 g/mol. The third kappa shape index (κ3) is 2.11. The van der Waals surface area contributed by atoms with Crippen molar-refractivity contribution >= 4 is 6.21 Å². The highest BCUT2D eigenvalue weighted by molar-refractivity contribution is 5.81. The normalized spacial score (nSPS) is 10.8. The molecule has 0 radical (unpaired) electrons. The van der Waals surface area contributed by atoms with Gasteiger partial charge in [-0.05, 0) is 29.2 Å². The summed E-state index contributed by atoms with van der Waals surface area (Å²) in [7, 11) is 0. The second-order valence-corrected chi connectivity index (χ2v) is 3.72. The van der Waals surface area contributed by atoms with Gasteiger partial charge in [-0.15, -0.1) is 0 Å². The lowest BCUT2D eigenvalue weighted by atomic mass is 10.00. The molecule has 2 aromatic rings. The summed E-state index contributed by atoms with van der Waals surface area (Å²) in [6, 6.07) is 16.5. The molecule has 2 heteroatoms. The molecule has 2 aromatic carbocycles. The maximum absolute atomic E-state index is 5.10. The van der Waals surface area contributed by atoms with Crippen molar-refractivity contribution < 1.29 is 0 Å². The van der Waals surface area contributed by atoms with E-state index in [4.69, 9.17) is 5.84 Å². The second-order valence-electron chi connectivity index (χ2n) is 3.72. The minimum atomic E-state index is 1.01. The molecule has 0 aromatic heterocycles. The number of nitrogens with two attached hydrogens (primary N) is 1. The van der Waals surface area contributed by atoms with Gasteiger partial charge in [0, 0.05) is 0 Å². The maximum Gasteiger partial charge on any atom is 0.0538 e. The lowest BCUT2D eigenvalue weighted by Gasteiger charge is -2.05. The molecule has 2 N–H and O–H groups in total. The first-order valence-electron chi connectivity index (χ1n) is 5.20. The van der Waals surface area contributed by atoms with Gasteiger partial charge in [0.05, 0.1) is 6.21 Å². The largest absolute Gasteiger partial charge is 0.323 e. The number of rotatable bonds is 2. The molecule has 0 aliphatic heterocycles. The number of hydrazone groups is 1. The van der Waals surface area contributed by atoms with Crippen molar-refractivity contribution in [2.45, 2.75) is 6.92 Å². The number of aryl methyl sites for hydroxylation is 1. The van der Waals surface area contributed by atoms with Crippen LogP contribution >= 0.6 is 0 Å². The van der Waals surface area contributed by atoms with Crippen molar-refractivity contribution in [1.82, 2.24) is 0 Å². The van der Waals surface area contributed by atoms with Gasteiger partial charge in [-0.1, -0.05) is 48.5 Å². The average molecular weight is 210 g/mol. The molecule has 0 saturated heterocycles. The van der Waals surface area contributed by atoms with E-state index in [0.717, 1.165) is 5.56 Å². The van der Waals surface area contributed by atoms with Gasteiger partial charge >= 0.3 is 0 Å². The lowest BCUT2D eigenvalue weighted by Crippen LogP contribution is -1.87. The van der Waals surface area contributed by atoms with E-state index >= 15 is 0 Å². The van der Waals surface area contributed by atoms with Crippen LogP contribution in [0, 0.1) is 6.92 Å². The monoisotopic (exact) mass is 210 g/mol. The fourth-order valence-electron chi connectivity index (χ4n) is 1.73. The zero-order chi connectivity index (χ0) is 11.4. The summed E-state index contributed by atoms with van der Waals surface area (Å²) < 4.78 is 0. The molecule has 0 fully saturated rings. The van der Waals surface area contributed by atoms with Crippen molar-refractivity contribution in [3.8, 4) is 11.1 Å². The van der Waals surface area contributed by atoms with Crippen LogP contribution in [0.2, 0.25) is 0 Å². The van der Waals surface area contributed by atoms with E-state index in [-0.39, 0.29) is 0 Å². The average Bonchev–Trinajstić information content (AvgIpc) is 2.31. The van der Waals surface area contributed by atoms with Gasteiger partial charge in [-0.25, -0.2) is 0 Å². The Balaban J connectivity index is 2.39. The minimum Gasteiger partial charge on any atom is -0.323 e. The summed E-state index contributed by atoms with van der Waals surface area (Å²) in [5.41, 5.74) is 4.77. The van der Waals surface area contributed by atoms with Crippen molar-refractivity contribution in [3.63, 3.8) is 0 Å². The van der Waals surface area contributed by atoms with Crippen molar-refractivity contribution in [1.29, 1.82) is 0 Å². The van der Waals surface area contributed by atoms with Crippen LogP contribution in [0.4, 0.5) is 0 Å². The molecule has 0 spiro atoms. The topological polar surface area (TPSA) is 38.4 Å². The van der Waals surface area contributed by atoms with E-state index in [0.29, 0.717) is 0 Å². The van der Waals surface area contributed by atoms with E-state index in [2.05, 4.69) is 42.4 Å². The first-order valence-corrected chi connectivity index (χ1v) is 5.20. The van der Waals surface area contributed by atoms with Crippen molar-refractivity contribution in [2.75, 3.05) is 0 Å². The fourth-order valence-corrected chi connectivity index (χ4v) is 1.73. The molecule has 0 aliphatic carbocycles. The molecule has 0 amide bonds. The van der Waals surface area contributed by atoms with E-state index < -0.39 is 0 Å². The van der Waals surface area contributed by atoms with Crippen LogP contribution in [0.1, 0.15) is 11.1 Å². The number of hydrogen-bond donors (Lipinski definition) is 1. The molecule has 0 atom stereocenters. The van der Waals surface area contributed by atoms with E-state index in [1.807, 2.05) is 18.2 Å². The zero-order valence-corrected chi connectivity index (χ0v) is 9.22. The molecule has 0 saturated carbocycles. The summed E-state index contributed by atoms with van der Waals surface area (Å²) in [5.74, 6) is 5.10. The molecule has 16 heavy (non-hydrogen) atoms. The minimum absolute atomic E-state index is 1.01. The molecule has 0 bridgehead atoms. The Kier molecular flexibility index (Phi) is 3.01. The Morgan fingerprint density at radius 3 is 2.31 bits per heavy atom. The van der Waals surface area contributed by atoms with Crippen molar-refractivity contribution in [3.05, 3.63) is 59.7 Å². The smallest absolute Gasteiger partial charge is 0.0538 e. The molecule has 80 valence electrons. The SMILES string of the molecule is Cc1ccccc1-c1ccc(/C=N/N)cc1. The van der Waals surface area contributed by atoms with Gasteiger partial charge in [0.2, 0.25) is 0 Å². The second kappa shape index (κ2) is 4.62. The van der Waals surface area contributed by atoms with Gasteiger partial charge < -0.3 is 5.84 Å². The van der Waals surface area contributed by atoms with E-state index in [1.165, 1.54) is 16.7 Å². The van der Waals surface area contributed by atoms with Gasteiger partial charge in [0.25, 0.3) is 0 Å². The predicted molar refractivity (Wildman–Crippen MR) is 68.4 cm³/mol. The third-order valence-corrected chi connectivity index (χ3v) is 2.59. The highest BCUT2D eigenvalue weighted by Crippen LogP contribution is 2.22. The quantitative estimate of drug-likeness (QED) is 0.462. The molecular formula is C14H14N2. The van der Waals surface area contributed by atoms with E-state index in [9.17, 15) is 0 Å². The predicted octanol–water partition coefficient (Wildman–Crippen LogP) is 2.95. The molecule has 2 rings (SSSR count). The number of hydrogen-bond acceptors (Lipinski definition) is 2. The molecule has 2 nitrogen and oxygen atoms in total. The van der Waals surface area contributed by atoms with Crippen LogP contribution in [0.3, 0.4) is 0 Å². The summed E-state index contributed by atoms with van der Waals surface area (Å²) in [4.78, 5) is 0. The first-order chi connectivity index (χ1) is 7.81. The van der Waals surface area contributed by atoms with E-state index in [1.54, 1.807) is 6.21 Å². The fraction of sp³-hybridized carbons (Fsp3) is 0.0714. The maximum atomic E-state index is 5.10. The molecule has 0 aliphatic rings. The molecule has 0 heterocycles. The zero-order valence-electron chi connectivity index (χ0n) is 9.22. The van der Waals surface area contributed by atoms with Gasteiger partial charge in [0.15, 0.2) is 0 Å². The number of nitrogens with zero attached hydrogens (tertiary/aromatic N) is 1. The Labute approximate surface area is 95.4 Å². The van der Waals surface area contributed by atoms with Gasteiger partial charge in [-0.2, -0.15) is 5.10 Å². The van der Waals surface area contributed by atoms with Crippen LogP contribution in [0.25, 0.3) is 11.1 Å². The Morgan fingerprint density at radius 2 is 1.69 bits per heavy atom. The van der Waals surface area contributed by atoms with Crippen LogP contribution in [0.5, 0.6) is 0 Å². The van der Waals surface area contributed by atoms with Crippen LogP contribution in [-0.4, -0.2) is 6.21 Å². The summed E-state index contributed by atoms with van der Waals surface area (Å²) in [6.07, 6.45) is 1.64. The first kappa shape index (κ1) is 10.4. The lowest BCUT2D eigenvalue weighted by molar-refractivity contribution is 1.26. The highest BCUT2D eigenvalue weighted by atomic mass is 15.1. The summed E-state index contributed by atoms with van der Waals surface area (Å²) >= 11 is 0. The summed E-state index contributed by atoms with van der Waals surface area (Å²) in [5, 5.41) is 3.50. The Hall–Kier alpha value is -2.09.